The first kappa shape index (κ1) is 11.5. The summed E-state index contributed by atoms with van der Waals surface area (Å²) in [7, 11) is 0. The number of hydrogen-bond donors (Lipinski definition) is 1. The largest absolute Gasteiger partial charge is 0.324 e. The van der Waals surface area contributed by atoms with Crippen molar-refractivity contribution in [3.63, 3.8) is 0 Å². The van der Waals surface area contributed by atoms with E-state index in [0.717, 1.165) is 19.3 Å². The first-order valence-corrected chi connectivity index (χ1v) is 5.23. The van der Waals surface area contributed by atoms with Crippen molar-refractivity contribution in [3.05, 3.63) is 34.6 Å². The van der Waals surface area contributed by atoms with E-state index in [1.165, 1.54) is 6.07 Å². The maximum absolute atomic E-state index is 13.4. The molecular weight excluding hydrogens is 201 g/mol. The number of hydrogen-bond acceptors (Lipinski definition) is 1. The number of rotatable bonds is 4. The van der Waals surface area contributed by atoms with Crippen molar-refractivity contribution in [3.8, 4) is 0 Å². The summed E-state index contributed by atoms with van der Waals surface area (Å²) in [5.74, 6) is -0.305. The Morgan fingerprint density at radius 1 is 1.50 bits per heavy atom. The number of nitrogens with two attached hydrogens (primary N) is 1. The van der Waals surface area contributed by atoms with Crippen molar-refractivity contribution in [2.45, 2.75) is 32.2 Å². The summed E-state index contributed by atoms with van der Waals surface area (Å²) in [4.78, 5) is 0. The van der Waals surface area contributed by atoms with Gasteiger partial charge in [-0.05, 0) is 18.6 Å². The van der Waals surface area contributed by atoms with Gasteiger partial charge in [0.1, 0.15) is 5.82 Å². The predicted octanol–water partition coefficient (Wildman–Crippen LogP) is 3.67. The molecule has 0 aliphatic carbocycles. The maximum atomic E-state index is 13.4. The number of unbranched alkanes of at least 4 members (excludes halogenated alkanes) is 1. The van der Waals surface area contributed by atoms with Crippen LogP contribution < -0.4 is 5.73 Å². The Morgan fingerprint density at radius 2 is 2.21 bits per heavy atom. The summed E-state index contributed by atoms with van der Waals surface area (Å²) in [6, 6.07) is 4.43. The van der Waals surface area contributed by atoms with Crippen molar-refractivity contribution in [1.29, 1.82) is 0 Å². The molecule has 78 valence electrons. The van der Waals surface area contributed by atoms with Gasteiger partial charge in [-0.15, -0.1) is 0 Å². The van der Waals surface area contributed by atoms with Crippen LogP contribution >= 0.6 is 11.6 Å². The Bertz CT molecular complexity index is 301. The highest BCUT2D eigenvalue weighted by atomic mass is 35.5. The Kier molecular flexibility index (Phi) is 4.36. The second kappa shape index (κ2) is 5.32. The molecule has 0 aromatic heterocycles. The van der Waals surface area contributed by atoms with Crippen molar-refractivity contribution in [2.24, 2.45) is 5.73 Å². The van der Waals surface area contributed by atoms with Gasteiger partial charge in [0.05, 0.1) is 0 Å². The van der Waals surface area contributed by atoms with Crippen LogP contribution in [0.1, 0.15) is 37.8 Å². The van der Waals surface area contributed by atoms with Crippen molar-refractivity contribution >= 4 is 11.6 Å². The van der Waals surface area contributed by atoms with Crippen LogP contribution in [0, 0.1) is 5.82 Å². The molecule has 1 rings (SSSR count). The fraction of sp³-hybridized carbons (Fsp3) is 0.455. The molecule has 0 saturated heterocycles. The zero-order chi connectivity index (χ0) is 10.6. The lowest BCUT2D eigenvalue weighted by Gasteiger charge is -2.12. The summed E-state index contributed by atoms with van der Waals surface area (Å²) in [5.41, 5.74) is 6.41. The van der Waals surface area contributed by atoms with E-state index >= 15 is 0 Å². The van der Waals surface area contributed by atoms with E-state index in [2.05, 4.69) is 6.92 Å². The maximum Gasteiger partial charge on any atom is 0.129 e. The highest BCUT2D eigenvalue weighted by Gasteiger charge is 2.10. The van der Waals surface area contributed by atoms with Crippen LogP contribution in [-0.4, -0.2) is 0 Å². The molecule has 0 unspecified atom stereocenters. The third-order valence-electron chi connectivity index (χ3n) is 2.23. The lowest BCUT2D eigenvalue weighted by Crippen LogP contribution is -2.11. The lowest BCUT2D eigenvalue weighted by molar-refractivity contribution is 0.548. The molecule has 1 nitrogen and oxygen atoms in total. The number of benzene rings is 1. The van der Waals surface area contributed by atoms with Crippen molar-refractivity contribution in [1.82, 2.24) is 0 Å². The van der Waals surface area contributed by atoms with Gasteiger partial charge in [0.2, 0.25) is 0 Å². The zero-order valence-electron chi connectivity index (χ0n) is 8.26. The molecule has 0 heterocycles. The first-order valence-electron chi connectivity index (χ1n) is 4.85. The summed E-state index contributed by atoms with van der Waals surface area (Å²) in [5, 5.41) is 0.411. The Morgan fingerprint density at radius 3 is 2.79 bits per heavy atom. The molecule has 1 atom stereocenters. The van der Waals surface area contributed by atoms with Crippen LogP contribution in [0.3, 0.4) is 0 Å². The second-order valence-electron chi connectivity index (χ2n) is 3.41. The smallest absolute Gasteiger partial charge is 0.129 e. The summed E-state index contributed by atoms with van der Waals surface area (Å²) in [6.07, 6.45) is 2.90. The Balaban J connectivity index is 2.74. The molecule has 0 spiro atoms. The normalized spacial score (nSPS) is 12.9. The molecule has 0 saturated carbocycles. The fourth-order valence-electron chi connectivity index (χ4n) is 1.38. The van der Waals surface area contributed by atoms with Gasteiger partial charge in [-0.1, -0.05) is 37.4 Å². The molecule has 14 heavy (non-hydrogen) atoms. The van der Waals surface area contributed by atoms with Gasteiger partial charge in [0, 0.05) is 16.6 Å². The monoisotopic (exact) mass is 215 g/mol. The lowest BCUT2D eigenvalue weighted by atomic mass is 10.0. The summed E-state index contributed by atoms with van der Waals surface area (Å²) < 4.78 is 13.4. The topological polar surface area (TPSA) is 26.0 Å². The molecule has 1 aromatic rings. The minimum atomic E-state index is -0.305. The van der Waals surface area contributed by atoms with E-state index in [1.807, 2.05) is 0 Å². The van der Waals surface area contributed by atoms with E-state index in [0.29, 0.717) is 10.6 Å². The predicted molar refractivity (Wildman–Crippen MR) is 57.9 cm³/mol. The van der Waals surface area contributed by atoms with Crippen LogP contribution in [-0.2, 0) is 0 Å². The molecule has 0 fully saturated rings. The van der Waals surface area contributed by atoms with Gasteiger partial charge >= 0.3 is 0 Å². The van der Waals surface area contributed by atoms with Crippen LogP contribution in [0.4, 0.5) is 4.39 Å². The number of halogens is 2. The third kappa shape index (κ3) is 2.96. The average Bonchev–Trinajstić information content (AvgIpc) is 2.14. The van der Waals surface area contributed by atoms with Gasteiger partial charge in [0.15, 0.2) is 0 Å². The van der Waals surface area contributed by atoms with E-state index in [1.54, 1.807) is 12.1 Å². The van der Waals surface area contributed by atoms with Crippen LogP contribution in [0.25, 0.3) is 0 Å². The quantitative estimate of drug-likeness (QED) is 0.815. The molecule has 3 heteroatoms. The molecular formula is C11H15ClFN. The third-order valence-corrected chi connectivity index (χ3v) is 2.47. The Labute approximate surface area is 89.1 Å². The van der Waals surface area contributed by atoms with Crippen molar-refractivity contribution < 1.29 is 4.39 Å². The van der Waals surface area contributed by atoms with Gasteiger partial charge in [-0.2, -0.15) is 0 Å². The van der Waals surface area contributed by atoms with Crippen LogP contribution in [0.15, 0.2) is 18.2 Å². The van der Waals surface area contributed by atoms with Gasteiger partial charge < -0.3 is 5.73 Å². The molecule has 1 aromatic carbocycles. The zero-order valence-corrected chi connectivity index (χ0v) is 9.02. The summed E-state index contributed by atoms with van der Waals surface area (Å²) in [6.45, 7) is 2.09. The average molecular weight is 216 g/mol. The van der Waals surface area contributed by atoms with Crippen molar-refractivity contribution in [2.75, 3.05) is 0 Å². The SMILES string of the molecule is CCCC[C@H](N)c1ccc(Cl)cc1F. The van der Waals surface area contributed by atoms with Gasteiger partial charge in [0.25, 0.3) is 0 Å². The highest BCUT2D eigenvalue weighted by molar-refractivity contribution is 6.30. The molecule has 0 aliphatic rings. The molecule has 0 bridgehead atoms. The highest BCUT2D eigenvalue weighted by Crippen LogP contribution is 2.22. The molecule has 0 amide bonds. The minimum Gasteiger partial charge on any atom is -0.324 e. The molecule has 0 aliphatic heterocycles. The second-order valence-corrected chi connectivity index (χ2v) is 3.85. The van der Waals surface area contributed by atoms with E-state index < -0.39 is 0 Å². The minimum absolute atomic E-state index is 0.216. The van der Waals surface area contributed by atoms with Gasteiger partial charge in [-0.25, -0.2) is 4.39 Å². The van der Waals surface area contributed by atoms with E-state index in [-0.39, 0.29) is 11.9 Å². The van der Waals surface area contributed by atoms with Crippen LogP contribution in [0.2, 0.25) is 5.02 Å². The fourth-order valence-corrected chi connectivity index (χ4v) is 1.54. The summed E-state index contributed by atoms with van der Waals surface area (Å²) >= 11 is 5.65. The van der Waals surface area contributed by atoms with E-state index in [9.17, 15) is 4.39 Å². The molecule has 0 radical (unpaired) electrons. The van der Waals surface area contributed by atoms with E-state index in [4.69, 9.17) is 17.3 Å². The first-order chi connectivity index (χ1) is 6.65. The molecule has 2 N–H and O–H groups in total. The Hall–Kier alpha value is -0.600. The van der Waals surface area contributed by atoms with Gasteiger partial charge in [-0.3, -0.25) is 0 Å². The van der Waals surface area contributed by atoms with Crippen LogP contribution in [0.5, 0.6) is 0 Å². The standard InChI is InChI=1S/C11H15ClFN/c1-2-3-4-11(14)9-6-5-8(12)7-10(9)13/h5-7,11H,2-4,14H2,1H3/t11-/m0/s1.